The van der Waals surface area contributed by atoms with Crippen LogP contribution in [0, 0.1) is 51.8 Å². The molecule has 3 saturated carbocycles. The summed E-state index contributed by atoms with van der Waals surface area (Å²) >= 11 is 0. The summed E-state index contributed by atoms with van der Waals surface area (Å²) in [4.78, 5) is 32.5. The Morgan fingerprint density at radius 3 is 2.41 bits per heavy atom. The molecule has 7 aliphatic rings. The van der Waals surface area contributed by atoms with Gasteiger partial charge in [0.05, 0.1) is 17.6 Å². The molecule has 228 valence electrons. The van der Waals surface area contributed by atoms with Crippen LogP contribution in [0.2, 0.25) is 0 Å². The highest BCUT2D eigenvalue weighted by Gasteiger charge is 2.86. The van der Waals surface area contributed by atoms with Gasteiger partial charge in [0.25, 0.3) is 0 Å². The Hall–Kier alpha value is -1.24. The predicted molar refractivity (Wildman–Crippen MR) is 159 cm³/mol. The van der Waals surface area contributed by atoms with E-state index < -0.39 is 22.2 Å². The number of fused-ring (bicyclic) bond motifs is 2. The van der Waals surface area contributed by atoms with E-state index in [2.05, 4.69) is 36.6 Å². The van der Waals surface area contributed by atoms with Gasteiger partial charge in [-0.25, -0.2) is 0 Å². The van der Waals surface area contributed by atoms with E-state index in [0.717, 1.165) is 69.5 Å². The lowest BCUT2D eigenvalue weighted by atomic mass is 9.41. The van der Waals surface area contributed by atoms with Gasteiger partial charge in [-0.2, -0.15) is 0 Å². The van der Waals surface area contributed by atoms with Crippen LogP contribution in [0.1, 0.15) is 91.4 Å². The van der Waals surface area contributed by atoms with Crippen LogP contribution in [0.3, 0.4) is 0 Å². The van der Waals surface area contributed by atoms with Gasteiger partial charge < -0.3 is 24.4 Å². The predicted octanol–water partition coefficient (Wildman–Crippen LogP) is 5.66. The van der Waals surface area contributed by atoms with Crippen LogP contribution in [-0.4, -0.2) is 78.6 Å². The molecular weight excluding hydrogens is 512 g/mol. The minimum Gasteiger partial charge on any atom is -0.481 e. The number of rotatable bonds is 8. The molecular formula is C35H54N2O4. The lowest BCUT2D eigenvalue weighted by Gasteiger charge is -2.60. The van der Waals surface area contributed by atoms with E-state index in [1.807, 2.05) is 0 Å². The van der Waals surface area contributed by atoms with E-state index >= 15 is 0 Å². The third-order valence-electron chi connectivity index (χ3n) is 13.8. The van der Waals surface area contributed by atoms with Crippen LogP contribution < -0.4 is 0 Å². The molecule has 6 fully saturated rings. The number of likely N-dealkylation sites (tertiary alicyclic amines) is 2. The highest BCUT2D eigenvalue weighted by Crippen LogP contribution is 2.84. The highest BCUT2D eigenvalue weighted by molar-refractivity contribution is 5.90. The van der Waals surface area contributed by atoms with Gasteiger partial charge >= 0.3 is 5.97 Å². The number of hydrogen-bond acceptors (Lipinski definition) is 5. The average molecular weight is 567 g/mol. The maximum Gasteiger partial charge on any atom is 0.315 e. The molecule has 0 radical (unpaired) electrons. The molecule has 0 amide bonds. The first kappa shape index (κ1) is 28.5. The molecule has 6 nitrogen and oxygen atoms in total. The molecule has 7 rings (SSSR count). The number of carbonyl (C=O) groups is 2. The van der Waals surface area contributed by atoms with Gasteiger partial charge in [0.15, 0.2) is 0 Å². The largest absolute Gasteiger partial charge is 0.481 e. The lowest BCUT2D eigenvalue weighted by Crippen LogP contribution is -2.65. The number of nitrogens with zero attached hydrogens (tertiary/aromatic N) is 2. The number of carboxylic acid groups (broad SMARTS) is 1. The van der Waals surface area contributed by atoms with Gasteiger partial charge in [0.2, 0.25) is 0 Å². The standard InChI is InChI=1S/C35H54N2O4/c1-23(2)30-17-26-18-33(22-38)29-9-7-24(3)28(29)19-34(26,35(30,33)32(39)40)31-10-8-27(41-31)21-37-15-11-25(12-16-37)20-36-13-5-4-6-14-36/h17,22-29,31H,4-16,18-21H2,1-3H3,(H,39,40)/t24-,26?,27?,28-,29-,31?,33?,34?,35?/m1/s1. The molecule has 3 saturated heterocycles. The normalized spacial score (nSPS) is 46.7. The maximum atomic E-state index is 13.8. The summed E-state index contributed by atoms with van der Waals surface area (Å²) in [6, 6.07) is 0. The van der Waals surface area contributed by atoms with E-state index in [1.165, 1.54) is 51.7 Å². The summed E-state index contributed by atoms with van der Waals surface area (Å²) in [5.74, 6) is 1.50. The first-order valence-corrected chi connectivity index (χ1v) is 17.3. The molecule has 0 aromatic heterocycles. The van der Waals surface area contributed by atoms with Crippen molar-refractivity contribution in [1.29, 1.82) is 0 Å². The average Bonchev–Trinajstić information content (AvgIpc) is 3.70. The van der Waals surface area contributed by atoms with Crippen molar-refractivity contribution in [3.05, 3.63) is 11.6 Å². The maximum absolute atomic E-state index is 13.8. The van der Waals surface area contributed by atoms with Gasteiger partial charge in [-0.3, -0.25) is 4.79 Å². The summed E-state index contributed by atoms with van der Waals surface area (Å²) in [5, 5.41) is 11.3. The molecule has 3 aliphatic heterocycles. The summed E-state index contributed by atoms with van der Waals surface area (Å²) in [6.07, 6.45) is 16.0. The number of aliphatic carboxylic acids is 1. The second-order valence-electron chi connectivity index (χ2n) is 15.8. The number of hydrogen-bond donors (Lipinski definition) is 1. The fraction of sp³-hybridized carbons (Fsp3) is 0.886. The molecule has 6 heteroatoms. The zero-order valence-corrected chi connectivity index (χ0v) is 25.9. The van der Waals surface area contributed by atoms with Crippen molar-refractivity contribution in [2.24, 2.45) is 51.8 Å². The molecule has 9 atom stereocenters. The third-order valence-corrected chi connectivity index (χ3v) is 13.8. The van der Waals surface area contributed by atoms with Crippen LogP contribution in [0.5, 0.6) is 0 Å². The topological polar surface area (TPSA) is 70.1 Å². The Morgan fingerprint density at radius 1 is 1.00 bits per heavy atom. The van der Waals surface area contributed by atoms with Crippen molar-refractivity contribution in [3.63, 3.8) is 0 Å². The van der Waals surface area contributed by atoms with Gasteiger partial charge in [-0.15, -0.1) is 0 Å². The summed E-state index contributed by atoms with van der Waals surface area (Å²) in [7, 11) is 0. The van der Waals surface area contributed by atoms with E-state index in [9.17, 15) is 14.7 Å². The highest BCUT2D eigenvalue weighted by atomic mass is 16.5. The number of aldehydes is 1. The number of ether oxygens (including phenoxy) is 1. The minimum atomic E-state index is -1.11. The number of allylic oxidation sites excluding steroid dienone is 1. The monoisotopic (exact) mass is 566 g/mol. The van der Waals surface area contributed by atoms with Gasteiger partial charge in [0.1, 0.15) is 11.7 Å². The first-order chi connectivity index (χ1) is 19.8. The number of carboxylic acids is 1. The quantitative estimate of drug-likeness (QED) is 0.302. The molecule has 0 spiro atoms. The fourth-order valence-corrected chi connectivity index (χ4v) is 12.2. The molecule has 1 N–H and O–H groups in total. The van der Waals surface area contributed by atoms with Gasteiger partial charge in [-0.1, -0.05) is 45.3 Å². The van der Waals surface area contributed by atoms with Crippen molar-refractivity contribution in [2.45, 2.75) is 104 Å². The molecule has 3 heterocycles. The van der Waals surface area contributed by atoms with E-state index in [0.29, 0.717) is 18.3 Å². The van der Waals surface area contributed by atoms with Gasteiger partial charge in [0, 0.05) is 18.5 Å². The Morgan fingerprint density at radius 2 is 1.73 bits per heavy atom. The fourth-order valence-electron chi connectivity index (χ4n) is 12.2. The SMILES string of the molecule is CC(C)C1=CC2CC3(C=O)[C@@H]4CC[C@@H](C)[C@H]4CC2(C2CCC(CN4CCC(CN5CCCCC5)CC4)O2)C13C(=O)O. The van der Waals surface area contributed by atoms with Crippen LogP contribution in [-0.2, 0) is 14.3 Å². The van der Waals surface area contributed by atoms with E-state index in [-0.39, 0.29) is 30.0 Å². The molecule has 4 aliphatic carbocycles. The molecule has 6 unspecified atom stereocenters. The number of carbonyl (C=O) groups excluding carboxylic acids is 1. The summed E-state index contributed by atoms with van der Waals surface area (Å²) < 4.78 is 7.07. The van der Waals surface area contributed by atoms with Gasteiger partial charge in [-0.05, 0) is 119 Å². The lowest BCUT2D eigenvalue weighted by molar-refractivity contribution is -0.197. The van der Waals surface area contributed by atoms with Crippen LogP contribution in [0.25, 0.3) is 0 Å². The zero-order valence-electron chi connectivity index (χ0n) is 25.9. The molecule has 41 heavy (non-hydrogen) atoms. The Bertz CT molecular complexity index is 1060. The van der Waals surface area contributed by atoms with Crippen LogP contribution in [0.4, 0.5) is 0 Å². The van der Waals surface area contributed by atoms with Crippen molar-refractivity contribution in [3.8, 4) is 0 Å². The Labute approximate surface area is 247 Å². The summed E-state index contributed by atoms with van der Waals surface area (Å²) in [5.41, 5.74) is -1.36. The molecule has 4 bridgehead atoms. The third kappa shape index (κ3) is 3.91. The zero-order chi connectivity index (χ0) is 28.6. The van der Waals surface area contributed by atoms with Crippen LogP contribution >= 0.6 is 0 Å². The second kappa shape index (κ2) is 10.4. The number of piperidine rings is 2. The van der Waals surface area contributed by atoms with Crippen molar-refractivity contribution in [1.82, 2.24) is 9.80 Å². The first-order valence-electron chi connectivity index (χ1n) is 17.3. The molecule has 0 aromatic rings. The minimum absolute atomic E-state index is 0.0756. The summed E-state index contributed by atoms with van der Waals surface area (Å²) in [6.45, 7) is 13.8. The van der Waals surface area contributed by atoms with Crippen LogP contribution in [0.15, 0.2) is 11.6 Å². The van der Waals surface area contributed by atoms with Crippen molar-refractivity contribution in [2.75, 3.05) is 39.3 Å². The Balaban J connectivity index is 1.10. The smallest absolute Gasteiger partial charge is 0.315 e. The van der Waals surface area contributed by atoms with Crippen molar-refractivity contribution < 1.29 is 19.4 Å². The second-order valence-corrected chi connectivity index (χ2v) is 15.8. The van der Waals surface area contributed by atoms with Crippen molar-refractivity contribution >= 4 is 12.3 Å². The van der Waals surface area contributed by atoms with E-state index in [1.54, 1.807) is 0 Å². The Kier molecular flexibility index (Phi) is 7.26. The molecule has 0 aromatic carbocycles. The van der Waals surface area contributed by atoms with E-state index in [4.69, 9.17) is 4.74 Å².